The summed E-state index contributed by atoms with van der Waals surface area (Å²) in [5.74, 6) is 1.28. The molecule has 1 aliphatic rings. The van der Waals surface area contributed by atoms with E-state index in [1.165, 1.54) is 12.8 Å². The Morgan fingerprint density at radius 3 is 3.14 bits per heavy atom. The van der Waals surface area contributed by atoms with Crippen LogP contribution in [-0.4, -0.2) is 37.0 Å². The van der Waals surface area contributed by atoms with E-state index in [1.807, 2.05) is 0 Å². The van der Waals surface area contributed by atoms with Crippen molar-refractivity contribution in [3.05, 3.63) is 0 Å². The van der Waals surface area contributed by atoms with Gasteiger partial charge in [0.2, 0.25) is 5.91 Å². The van der Waals surface area contributed by atoms with Crippen LogP contribution in [0.4, 0.5) is 0 Å². The normalized spacial score (nSPS) is 21.1. The van der Waals surface area contributed by atoms with Crippen LogP contribution >= 0.6 is 11.8 Å². The molecule has 0 radical (unpaired) electrons. The van der Waals surface area contributed by atoms with Gasteiger partial charge >= 0.3 is 0 Å². The second kappa shape index (κ2) is 7.12. The first-order valence-electron chi connectivity index (χ1n) is 5.32. The second-order valence-corrected chi connectivity index (χ2v) is 4.68. The van der Waals surface area contributed by atoms with Crippen LogP contribution in [0.2, 0.25) is 0 Å². The Morgan fingerprint density at radius 1 is 1.64 bits per heavy atom. The van der Waals surface area contributed by atoms with E-state index in [0.29, 0.717) is 12.5 Å². The van der Waals surface area contributed by atoms with Gasteiger partial charge in [0.05, 0.1) is 0 Å². The molecule has 14 heavy (non-hydrogen) atoms. The lowest BCUT2D eigenvalue weighted by atomic mass is 10.2. The molecular weight excluding hydrogens is 196 g/mol. The largest absolute Gasteiger partial charge is 0.355 e. The fourth-order valence-electron chi connectivity index (χ4n) is 1.63. The first-order valence-corrected chi connectivity index (χ1v) is 6.71. The van der Waals surface area contributed by atoms with Gasteiger partial charge in [-0.05, 0) is 37.8 Å². The Hall–Kier alpha value is -0.220. The highest BCUT2D eigenvalue weighted by Crippen LogP contribution is 2.03. The number of amides is 1. The molecule has 1 aliphatic heterocycles. The zero-order valence-electron chi connectivity index (χ0n) is 8.84. The van der Waals surface area contributed by atoms with Gasteiger partial charge < -0.3 is 10.6 Å². The minimum absolute atomic E-state index is 0.202. The zero-order valence-corrected chi connectivity index (χ0v) is 9.66. The van der Waals surface area contributed by atoms with E-state index in [4.69, 9.17) is 0 Å². The highest BCUT2D eigenvalue weighted by atomic mass is 32.2. The van der Waals surface area contributed by atoms with Crippen LogP contribution in [0.5, 0.6) is 0 Å². The molecule has 2 N–H and O–H groups in total. The highest BCUT2D eigenvalue weighted by Gasteiger charge is 2.14. The summed E-state index contributed by atoms with van der Waals surface area (Å²) in [5.41, 5.74) is 0. The van der Waals surface area contributed by atoms with Gasteiger partial charge in [0, 0.05) is 19.0 Å². The van der Waals surface area contributed by atoms with Crippen LogP contribution in [-0.2, 0) is 4.79 Å². The molecular formula is C10H20N2OS. The predicted molar refractivity (Wildman–Crippen MR) is 61.7 cm³/mol. The summed E-state index contributed by atoms with van der Waals surface area (Å²) in [4.78, 5) is 11.3. The quantitative estimate of drug-likeness (QED) is 0.651. The molecule has 1 saturated heterocycles. The summed E-state index contributed by atoms with van der Waals surface area (Å²) in [7, 11) is 0. The average molecular weight is 216 g/mol. The van der Waals surface area contributed by atoms with Crippen molar-refractivity contribution in [1.82, 2.24) is 10.6 Å². The molecule has 4 heteroatoms. The molecule has 1 atom stereocenters. The van der Waals surface area contributed by atoms with E-state index in [9.17, 15) is 4.79 Å². The first-order chi connectivity index (χ1) is 6.83. The number of carbonyl (C=O) groups excluding carboxylic acids is 1. The molecule has 0 aromatic heterocycles. The molecule has 82 valence electrons. The summed E-state index contributed by atoms with van der Waals surface area (Å²) < 4.78 is 0. The minimum Gasteiger partial charge on any atom is -0.355 e. The van der Waals surface area contributed by atoms with Crippen molar-refractivity contribution in [2.75, 3.05) is 25.1 Å². The van der Waals surface area contributed by atoms with Crippen molar-refractivity contribution in [3.63, 3.8) is 0 Å². The van der Waals surface area contributed by atoms with Crippen molar-refractivity contribution in [3.8, 4) is 0 Å². The Labute approximate surface area is 90.4 Å². The number of hydrogen-bond donors (Lipinski definition) is 2. The van der Waals surface area contributed by atoms with Crippen LogP contribution in [0, 0.1) is 0 Å². The van der Waals surface area contributed by atoms with Crippen molar-refractivity contribution >= 4 is 17.7 Å². The average Bonchev–Trinajstić information content (AvgIpc) is 2.68. The van der Waals surface area contributed by atoms with Gasteiger partial charge in [0.25, 0.3) is 0 Å². The SMILES string of the molecule is CSCCCC(=O)NCC1CCCN1. The summed E-state index contributed by atoms with van der Waals surface area (Å²) >= 11 is 1.79. The van der Waals surface area contributed by atoms with E-state index < -0.39 is 0 Å². The van der Waals surface area contributed by atoms with Gasteiger partial charge in [-0.25, -0.2) is 0 Å². The van der Waals surface area contributed by atoms with Crippen molar-refractivity contribution in [2.24, 2.45) is 0 Å². The number of carbonyl (C=O) groups is 1. The summed E-state index contributed by atoms with van der Waals surface area (Å²) in [6.45, 7) is 1.91. The van der Waals surface area contributed by atoms with Crippen molar-refractivity contribution < 1.29 is 4.79 Å². The van der Waals surface area contributed by atoms with Crippen LogP contribution in [0.15, 0.2) is 0 Å². The lowest BCUT2D eigenvalue weighted by Crippen LogP contribution is -2.37. The number of thioether (sulfide) groups is 1. The maximum Gasteiger partial charge on any atom is 0.220 e. The van der Waals surface area contributed by atoms with Gasteiger partial charge in [0.15, 0.2) is 0 Å². The molecule has 0 aliphatic carbocycles. The van der Waals surface area contributed by atoms with Gasteiger partial charge in [-0.1, -0.05) is 0 Å². The lowest BCUT2D eigenvalue weighted by Gasteiger charge is -2.11. The van der Waals surface area contributed by atoms with E-state index in [2.05, 4.69) is 16.9 Å². The molecule has 1 amide bonds. The monoisotopic (exact) mass is 216 g/mol. The van der Waals surface area contributed by atoms with Crippen LogP contribution in [0.25, 0.3) is 0 Å². The summed E-state index contributed by atoms with van der Waals surface area (Å²) in [6, 6.07) is 0.513. The Kier molecular flexibility index (Phi) is 6.03. The van der Waals surface area contributed by atoms with E-state index in [-0.39, 0.29) is 5.91 Å². The zero-order chi connectivity index (χ0) is 10.2. The van der Waals surface area contributed by atoms with Crippen molar-refractivity contribution in [2.45, 2.75) is 31.7 Å². The Balaban J connectivity index is 1.96. The maximum absolute atomic E-state index is 11.3. The smallest absolute Gasteiger partial charge is 0.220 e. The minimum atomic E-state index is 0.202. The molecule has 1 fully saturated rings. The maximum atomic E-state index is 11.3. The molecule has 0 aromatic carbocycles. The molecule has 1 unspecified atom stereocenters. The molecule has 3 nitrogen and oxygen atoms in total. The Morgan fingerprint density at radius 2 is 2.50 bits per heavy atom. The molecule has 0 aromatic rings. The Bertz CT molecular complexity index is 170. The second-order valence-electron chi connectivity index (χ2n) is 3.69. The van der Waals surface area contributed by atoms with Gasteiger partial charge in [-0.15, -0.1) is 0 Å². The third-order valence-corrected chi connectivity index (χ3v) is 3.16. The fraction of sp³-hybridized carbons (Fsp3) is 0.900. The van der Waals surface area contributed by atoms with E-state index in [0.717, 1.165) is 25.3 Å². The fourth-order valence-corrected chi connectivity index (χ4v) is 2.07. The van der Waals surface area contributed by atoms with Gasteiger partial charge in [0.1, 0.15) is 0 Å². The highest BCUT2D eigenvalue weighted by molar-refractivity contribution is 7.98. The van der Waals surface area contributed by atoms with Gasteiger partial charge in [-0.2, -0.15) is 11.8 Å². The predicted octanol–water partition coefficient (Wildman–Crippen LogP) is 0.998. The molecule has 0 spiro atoms. The first kappa shape index (κ1) is 11.9. The van der Waals surface area contributed by atoms with Crippen LogP contribution in [0.3, 0.4) is 0 Å². The third kappa shape index (κ3) is 4.86. The summed E-state index contributed by atoms with van der Waals surface area (Å²) in [6.07, 6.45) is 6.18. The molecule has 1 heterocycles. The van der Waals surface area contributed by atoms with Crippen LogP contribution in [0.1, 0.15) is 25.7 Å². The van der Waals surface area contributed by atoms with Gasteiger partial charge in [-0.3, -0.25) is 4.79 Å². The number of nitrogens with one attached hydrogen (secondary N) is 2. The molecule has 1 rings (SSSR count). The number of hydrogen-bond acceptors (Lipinski definition) is 3. The molecule has 0 bridgehead atoms. The number of rotatable bonds is 6. The summed E-state index contributed by atoms with van der Waals surface area (Å²) in [5, 5.41) is 6.33. The third-order valence-electron chi connectivity index (χ3n) is 2.46. The topological polar surface area (TPSA) is 41.1 Å². The van der Waals surface area contributed by atoms with E-state index >= 15 is 0 Å². The van der Waals surface area contributed by atoms with E-state index in [1.54, 1.807) is 11.8 Å². The van der Waals surface area contributed by atoms with Crippen molar-refractivity contribution in [1.29, 1.82) is 0 Å². The molecule has 0 saturated carbocycles. The standard InChI is InChI=1S/C10H20N2OS/c1-14-7-3-5-10(13)12-8-9-4-2-6-11-9/h9,11H,2-8H2,1H3,(H,12,13). The lowest BCUT2D eigenvalue weighted by molar-refractivity contribution is -0.121. The van der Waals surface area contributed by atoms with Crippen LogP contribution < -0.4 is 10.6 Å².